The van der Waals surface area contributed by atoms with Crippen LogP contribution in [0, 0.1) is 6.92 Å². The molecule has 0 atom stereocenters. The van der Waals surface area contributed by atoms with Crippen LogP contribution in [0.1, 0.15) is 12.5 Å². The minimum Gasteiger partial charge on any atom is -0.298 e. The second-order valence-corrected chi connectivity index (χ2v) is 5.24. The second kappa shape index (κ2) is 5.87. The number of aromatic nitrogens is 3. The Balaban J connectivity index is 2.46. The van der Waals surface area contributed by atoms with Crippen molar-refractivity contribution in [3.8, 4) is 11.4 Å². The highest BCUT2D eigenvalue weighted by Gasteiger charge is 2.12. The average Bonchev–Trinajstić information content (AvgIpc) is 2.74. The van der Waals surface area contributed by atoms with Crippen LogP contribution >= 0.6 is 11.8 Å². The van der Waals surface area contributed by atoms with Gasteiger partial charge in [-0.15, -0.1) is 16.8 Å². The van der Waals surface area contributed by atoms with Crippen LogP contribution in [0.25, 0.3) is 11.4 Å². The molecule has 1 heterocycles. The molecule has 1 aromatic heterocycles. The van der Waals surface area contributed by atoms with Gasteiger partial charge in [-0.25, -0.2) is 0 Å². The SMILES string of the molecule is C=CCn1c(SCC)nnc1-c1cccc(C)c1. The van der Waals surface area contributed by atoms with E-state index in [4.69, 9.17) is 0 Å². The van der Waals surface area contributed by atoms with Gasteiger partial charge in [0, 0.05) is 12.1 Å². The number of nitrogens with zero attached hydrogens (tertiary/aromatic N) is 3. The molecular weight excluding hydrogens is 242 g/mol. The second-order valence-electron chi connectivity index (χ2n) is 4.01. The molecule has 1 aromatic carbocycles. The van der Waals surface area contributed by atoms with Crippen molar-refractivity contribution in [1.82, 2.24) is 14.8 Å². The molecule has 0 N–H and O–H groups in total. The number of benzene rings is 1. The van der Waals surface area contributed by atoms with Crippen molar-refractivity contribution in [3.63, 3.8) is 0 Å². The van der Waals surface area contributed by atoms with Gasteiger partial charge in [-0.05, 0) is 18.7 Å². The zero-order valence-corrected chi connectivity index (χ0v) is 11.6. The van der Waals surface area contributed by atoms with E-state index < -0.39 is 0 Å². The van der Waals surface area contributed by atoms with E-state index in [2.05, 4.69) is 53.4 Å². The lowest BCUT2D eigenvalue weighted by atomic mass is 10.1. The van der Waals surface area contributed by atoms with E-state index in [-0.39, 0.29) is 0 Å². The summed E-state index contributed by atoms with van der Waals surface area (Å²) in [4.78, 5) is 0. The summed E-state index contributed by atoms with van der Waals surface area (Å²) in [5.74, 6) is 1.90. The third kappa shape index (κ3) is 2.64. The van der Waals surface area contributed by atoms with E-state index in [9.17, 15) is 0 Å². The molecular formula is C14H17N3S. The largest absolute Gasteiger partial charge is 0.298 e. The molecule has 0 unspecified atom stereocenters. The highest BCUT2D eigenvalue weighted by molar-refractivity contribution is 7.99. The first-order chi connectivity index (χ1) is 8.76. The summed E-state index contributed by atoms with van der Waals surface area (Å²) in [5.41, 5.74) is 2.33. The maximum Gasteiger partial charge on any atom is 0.191 e. The van der Waals surface area contributed by atoms with Gasteiger partial charge in [0.2, 0.25) is 0 Å². The molecule has 94 valence electrons. The maximum atomic E-state index is 4.31. The number of aryl methyl sites for hydroxylation is 1. The fourth-order valence-electron chi connectivity index (χ4n) is 1.82. The van der Waals surface area contributed by atoms with Gasteiger partial charge >= 0.3 is 0 Å². The molecule has 0 bridgehead atoms. The van der Waals surface area contributed by atoms with Crippen LogP contribution in [-0.2, 0) is 6.54 Å². The molecule has 0 fully saturated rings. The molecule has 0 radical (unpaired) electrons. The van der Waals surface area contributed by atoms with Crippen molar-refractivity contribution in [1.29, 1.82) is 0 Å². The Labute approximate surface area is 112 Å². The summed E-state index contributed by atoms with van der Waals surface area (Å²) >= 11 is 1.70. The van der Waals surface area contributed by atoms with E-state index in [0.717, 1.165) is 28.8 Å². The van der Waals surface area contributed by atoms with Gasteiger partial charge in [0.1, 0.15) is 0 Å². The molecule has 18 heavy (non-hydrogen) atoms. The Kier molecular flexibility index (Phi) is 4.20. The van der Waals surface area contributed by atoms with Crippen LogP contribution in [0.15, 0.2) is 42.1 Å². The molecule has 0 aliphatic heterocycles. The number of hydrogen-bond acceptors (Lipinski definition) is 3. The van der Waals surface area contributed by atoms with Crippen LogP contribution in [-0.4, -0.2) is 20.5 Å². The third-order valence-corrected chi connectivity index (χ3v) is 3.43. The van der Waals surface area contributed by atoms with Gasteiger partial charge in [0.05, 0.1) is 0 Å². The topological polar surface area (TPSA) is 30.7 Å². The predicted octanol–water partition coefficient (Wildman–Crippen LogP) is 3.55. The minimum absolute atomic E-state index is 0.735. The Hall–Kier alpha value is -1.55. The van der Waals surface area contributed by atoms with Gasteiger partial charge in [-0.2, -0.15) is 0 Å². The van der Waals surface area contributed by atoms with E-state index in [1.54, 1.807) is 11.8 Å². The van der Waals surface area contributed by atoms with Crippen molar-refractivity contribution >= 4 is 11.8 Å². The van der Waals surface area contributed by atoms with Crippen LogP contribution in [0.2, 0.25) is 0 Å². The predicted molar refractivity (Wildman–Crippen MR) is 76.8 cm³/mol. The highest BCUT2D eigenvalue weighted by Crippen LogP contribution is 2.24. The van der Waals surface area contributed by atoms with Crippen LogP contribution in [0.5, 0.6) is 0 Å². The quantitative estimate of drug-likeness (QED) is 0.607. The zero-order valence-electron chi connectivity index (χ0n) is 10.8. The van der Waals surface area contributed by atoms with E-state index in [1.807, 2.05) is 12.1 Å². The Morgan fingerprint density at radius 3 is 2.89 bits per heavy atom. The minimum atomic E-state index is 0.735. The van der Waals surface area contributed by atoms with Gasteiger partial charge in [0.25, 0.3) is 0 Å². The number of thioether (sulfide) groups is 1. The standard InChI is InChI=1S/C14H17N3S/c1-4-9-17-13(15-16-14(17)18-5-2)12-8-6-7-11(3)10-12/h4,6-8,10H,1,5,9H2,2-3H3. The molecule has 4 heteroatoms. The van der Waals surface area contributed by atoms with Crippen molar-refractivity contribution in [3.05, 3.63) is 42.5 Å². The number of rotatable bonds is 5. The zero-order chi connectivity index (χ0) is 13.0. The first-order valence-electron chi connectivity index (χ1n) is 6.00. The summed E-state index contributed by atoms with van der Waals surface area (Å²) in [6.07, 6.45) is 1.88. The fraction of sp³-hybridized carbons (Fsp3) is 0.286. The Morgan fingerprint density at radius 1 is 1.39 bits per heavy atom. The lowest BCUT2D eigenvalue weighted by Crippen LogP contribution is -2.00. The molecule has 0 saturated heterocycles. The summed E-state index contributed by atoms with van der Waals surface area (Å²) in [6.45, 7) is 8.74. The first-order valence-corrected chi connectivity index (χ1v) is 6.98. The molecule has 2 aromatic rings. The monoisotopic (exact) mass is 259 g/mol. The van der Waals surface area contributed by atoms with Crippen LogP contribution < -0.4 is 0 Å². The smallest absolute Gasteiger partial charge is 0.191 e. The summed E-state index contributed by atoms with van der Waals surface area (Å²) in [6, 6.07) is 8.32. The lowest BCUT2D eigenvalue weighted by molar-refractivity contribution is 0.731. The van der Waals surface area contributed by atoms with E-state index in [0.29, 0.717) is 0 Å². The Morgan fingerprint density at radius 2 is 2.22 bits per heavy atom. The molecule has 3 nitrogen and oxygen atoms in total. The van der Waals surface area contributed by atoms with Gasteiger partial charge in [0.15, 0.2) is 11.0 Å². The molecule has 0 spiro atoms. The van der Waals surface area contributed by atoms with Crippen molar-refractivity contribution < 1.29 is 0 Å². The maximum absolute atomic E-state index is 4.31. The van der Waals surface area contributed by atoms with E-state index >= 15 is 0 Å². The van der Waals surface area contributed by atoms with Crippen molar-refractivity contribution in [2.45, 2.75) is 25.5 Å². The molecule has 0 aliphatic rings. The summed E-state index contributed by atoms with van der Waals surface area (Å²) in [7, 11) is 0. The summed E-state index contributed by atoms with van der Waals surface area (Å²) < 4.78 is 2.11. The Bertz CT molecular complexity index is 546. The fourth-order valence-corrected chi connectivity index (χ4v) is 2.49. The van der Waals surface area contributed by atoms with Crippen molar-refractivity contribution in [2.75, 3.05) is 5.75 Å². The first kappa shape index (κ1) is 12.9. The number of hydrogen-bond donors (Lipinski definition) is 0. The van der Waals surface area contributed by atoms with Gasteiger partial charge < -0.3 is 0 Å². The molecule has 2 rings (SSSR count). The normalized spacial score (nSPS) is 10.6. The van der Waals surface area contributed by atoms with Crippen LogP contribution in [0.3, 0.4) is 0 Å². The van der Waals surface area contributed by atoms with E-state index in [1.165, 1.54) is 5.56 Å². The molecule has 0 saturated carbocycles. The third-order valence-electron chi connectivity index (χ3n) is 2.58. The van der Waals surface area contributed by atoms with Gasteiger partial charge in [-0.3, -0.25) is 4.57 Å². The van der Waals surface area contributed by atoms with Crippen molar-refractivity contribution in [2.24, 2.45) is 0 Å². The lowest BCUT2D eigenvalue weighted by Gasteiger charge is -2.07. The number of allylic oxidation sites excluding steroid dienone is 1. The summed E-state index contributed by atoms with van der Waals surface area (Å²) in [5, 5.41) is 9.52. The van der Waals surface area contributed by atoms with Gasteiger partial charge in [-0.1, -0.05) is 48.5 Å². The molecule has 0 amide bonds. The molecule has 0 aliphatic carbocycles. The average molecular weight is 259 g/mol. The van der Waals surface area contributed by atoms with Crippen LogP contribution in [0.4, 0.5) is 0 Å². The highest BCUT2D eigenvalue weighted by atomic mass is 32.2.